The first kappa shape index (κ1) is 19.1. The second-order valence-electron chi connectivity index (χ2n) is 7.05. The number of ketones is 1. The van der Waals surface area contributed by atoms with Gasteiger partial charge in [0.15, 0.2) is 17.4 Å². The number of benzene rings is 1. The number of hydrogen-bond acceptors (Lipinski definition) is 5. The van der Waals surface area contributed by atoms with Crippen molar-refractivity contribution in [1.29, 1.82) is 0 Å². The van der Waals surface area contributed by atoms with Crippen LogP contribution < -0.4 is 10.6 Å². The van der Waals surface area contributed by atoms with Crippen LogP contribution in [0.3, 0.4) is 0 Å². The molecule has 2 aliphatic heterocycles. The zero-order valence-corrected chi connectivity index (χ0v) is 15.8. The lowest BCUT2D eigenvalue weighted by Crippen LogP contribution is -2.36. The molecule has 3 aliphatic rings. The van der Waals surface area contributed by atoms with E-state index in [1.54, 1.807) is 13.0 Å². The summed E-state index contributed by atoms with van der Waals surface area (Å²) in [6.07, 6.45) is 9.28. The van der Waals surface area contributed by atoms with Crippen molar-refractivity contribution in [3.8, 4) is 0 Å². The number of halogens is 2. The van der Waals surface area contributed by atoms with Crippen LogP contribution in [0.2, 0.25) is 0 Å². The van der Waals surface area contributed by atoms with Gasteiger partial charge in [0, 0.05) is 24.4 Å². The zero-order valence-electron chi connectivity index (χ0n) is 15.8. The number of allylic oxidation sites excluding steroid dienone is 4. The van der Waals surface area contributed by atoms with Crippen LogP contribution in [0.4, 0.5) is 8.78 Å². The van der Waals surface area contributed by atoms with Gasteiger partial charge in [-0.25, -0.2) is 13.6 Å². The molecule has 7 heteroatoms. The van der Waals surface area contributed by atoms with Gasteiger partial charge in [-0.3, -0.25) is 4.79 Å². The average Bonchev–Trinajstić information content (AvgIpc) is 2.96. The largest absolute Gasteiger partial charge is 0.461 e. The van der Waals surface area contributed by atoms with Crippen molar-refractivity contribution in [2.24, 2.45) is 11.3 Å². The quantitative estimate of drug-likeness (QED) is 0.603. The van der Waals surface area contributed by atoms with Crippen molar-refractivity contribution in [3.05, 3.63) is 82.7 Å². The fourth-order valence-electron chi connectivity index (χ4n) is 4.18. The van der Waals surface area contributed by atoms with E-state index in [1.165, 1.54) is 6.07 Å². The molecule has 0 amide bonds. The fourth-order valence-corrected chi connectivity index (χ4v) is 4.18. The minimum absolute atomic E-state index is 0.0866. The summed E-state index contributed by atoms with van der Waals surface area (Å²) in [5.74, 6) is -3.55. The molecule has 4 rings (SSSR count). The maximum Gasteiger partial charge on any atom is 0.354 e. The van der Waals surface area contributed by atoms with E-state index in [1.807, 2.05) is 24.3 Å². The van der Waals surface area contributed by atoms with E-state index in [0.717, 1.165) is 23.4 Å². The van der Waals surface area contributed by atoms with E-state index >= 15 is 0 Å². The third kappa shape index (κ3) is 3.06. The minimum Gasteiger partial charge on any atom is -0.461 e. The van der Waals surface area contributed by atoms with E-state index in [9.17, 15) is 18.4 Å². The fraction of sp³-hybridized carbons (Fsp3) is 0.273. The standard InChI is InChI=1S/C22H20F2N2O3/c1-2-29-21(28)18-11-22-14(8-9-25-18)4-3-5-19(22)26-12-15(22)20(27)13-6-7-16(23)17(24)10-13/h3-8,10-11,15,25-26H,2,9,12H2,1H3. The van der Waals surface area contributed by atoms with Crippen molar-refractivity contribution in [3.63, 3.8) is 0 Å². The van der Waals surface area contributed by atoms with Crippen molar-refractivity contribution in [1.82, 2.24) is 10.6 Å². The molecule has 2 N–H and O–H groups in total. The molecule has 2 atom stereocenters. The first-order valence-electron chi connectivity index (χ1n) is 9.44. The smallest absolute Gasteiger partial charge is 0.354 e. The molecule has 1 saturated heterocycles. The van der Waals surface area contributed by atoms with Crippen LogP contribution in [0.5, 0.6) is 0 Å². The lowest BCUT2D eigenvalue weighted by atomic mass is 9.65. The number of carbonyl (C=O) groups excluding carboxylic acids is 2. The highest BCUT2D eigenvalue weighted by molar-refractivity contribution is 6.00. The Morgan fingerprint density at radius 3 is 2.83 bits per heavy atom. The third-order valence-corrected chi connectivity index (χ3v) is 5.51. The highest BCUT2D eigenvalue weighted by atomic mass is 19.2. The Balaban J connectivity index is 1.83. The Morgan fingerprint density at radius 1 is 1.24 bits per heavy atom. The van der Waals surface area contributed by atoms with Crippen LogP contribution in [0, 0.1) is 23.0 Å². The van der Waals surface area contributed by atoms with Gasteiger partial charge in [-0.2, -0.15) is 0 Å². The van der Waals surface area contributed by atoms with Gasteiger partial charge < -0.3 is 15.4 Å². The van der Waals surface area contributed by atoms with E-state index in [4.69, 9.17) is 4.74 Å². The zero-order chi connectivity index (χ0) is 20.6. The van der Waals surface area contributed by atoms with Gasteiger partial charge >= 0.3 is 5.97 Å². The number of hydrogen-bond donors (Lipinski definition) is 2. The summed E-state index contributed by atoms with van der Waals surface area (Å²) in [5.41, 5.74) is 1.07. The Hall–Kier alpha value is -3.22. The molecule has 2 unspecified atom stereocenters. The lowest BCUT2D eigenvalue weighted by Gasteiger charge is -2.35. The minimum atomic E-state index is -1.07. The summed E-state index contributed by atoms with van der Waals surface area (Å²) >= 11 is 0. The van der Waals surface area contributed by atoms with Gasteiger partial charge in [0.05, 0.1) is 17.9 Å². The Kier molecular flexibility index (Phi) is 4.82. The number of nitrogens with one attached hydrogen (secondary N) is 2. The molecule has 1 aromatic carbocycles. The Morgan fingerprint density at radius 2 is 2.07 bits per heavy atom. The molecule has 150 valence electrons. The summed E-state index contributed by atoms with van der Waals surface area (Å²) in [6.45, 7) is 2.64. The van der Waals surface area contributed by atoms with Crippen LogP contribution in [0.25, 0.3) is 0 Å². The number of carbonyl (C=O) groups is 2. The summed E-state index contributed by atoms with van der Waals surface area (Å²) < 4.78 is 32.2. The second-order valence-corrected chi connectivity index (χ2v) is 7.05. The average molecular weight is 398 g/mol. The maximum absolute atomic E-state index is 13.7. The van der Waals surface area contributed by atoms with Crippen molar-refractivity contribution in [2.75, 3.05) is 19.7 Å². The van der Waals surface area contributed by atoms with E-state index in [0.29, 0.717) is 13.1 Å². The van der Waals surface area contributed by atoms with Gasteiger partial charge in [0.1, 0.15) is 5.70 Å². The topological polar surface area (TPSA) is 67.4 Å². The van der Waals surface area contributed by atoms with Crippen LogP contribution in [0.15, 0.2) is 65.5 Å². The van der Waals surface area contributed by atoms with Crippen molar-refractivity contribution < 1.29 is 23.1 Å². The van der Waals surface area contributed by atoms with E-state index in [-0.39, 0.29) is 23.7 Å². The Labute approximate surface area is 166 Å². The molecular formula is C22H20F2N2O3. The summed E-state index contributed by atoms with van der Waals surface area (Å²) in [5, 5.41) is 6.30. The molecule has 1 aliphatic carbocycles. The monoisotopic (exact) mass is 398 g/mol. The van der Waals surface area contributed by atoms with Crippen molar-refractivity contribution >= 4 is 11.8 Å². The number of esters is 1. The molecule has 1 aromatic rings. The summed E-state index contributed by atoms with van der Waals surface area (Å²) in [7, 11) is 0. The number of Topliss-reactive ketones (excluding diaryl/α,β-unsaturated/α-hetero) is 1. The van der Waals surface area contributed by atoms with Crippen LogP contribution in [-0.2, 0) is 9.53 Å². The summed E-state index contributed by atoms with van der Waals surface area (Å²) in [6, 6.07) is 3.15. The van der Waals surface area contributed by atoms with Gasteiger partial charge in [-0.1, -0.05) is 18.2 Å². The lowest BCUT2D eigenvalue weighted by molar-refractivity contribution is -0.139. The highest BCUT2D eigenvalue weighted by Gasteiger charge is 2.52. The van der Waals surface area contributed by atoms with Crippen molar-refractivity contribution in [2.45, 2.75) is 6.92 Å². The maximum atomic E-state index is 13.7. The molecule has 5 nitrogen and oxygen atoms in total. The predicted molar refractivity (Wildman–Crippen MR) is 103 cm³/mol. The van der Waals surface area contributed by atoms with Gasteiger partial charge in [0.25, 0.3) is 0 Å². The van der Waals surface area contributed by atoms with Gasteiger partial charge in [-0.15, -0.1) is 0 Å². The Bertz CT molecular complexity index is 1010. The molecule has 0 radical (unpaired) electrons. The van der Waals surface area contributed by atoms with E-state index in [2.05, 4.69) is 10.6 Å². The first-order chi connectivity index (χ1) is 14.0. The van der Waals surface area contributed by atoms with Gasteiger partial charge in [0.2, 0.25) is 0 Å². The molecule has 29 heavy (non-hydrogen) atoms. The number of ether oxygens (including phenoxy) is 1. The molecule has 1 fully saturated rings. The molecular weight excluding hydrogens is 378 g/mol. The predicted octanol–water partition coefficient (Wildman–Crippen LogP) is 2.78. The normalized spacial score (nSPS) is 24.7. The summed E-state index contributed by atoms with van der Waals surface area (Å²) in [4.78, 5) is 25.8. The molecule has 1 spiro atoms. The SMILES string of the molecule is CCOC(=O)C1=CC23C(=CCN1)C=CC=C2NCC3C(=O)c1ccc(F)c(F)c1. The van der Waals surface area contributed by atoms with Gasteiger partial charge in [-0.05, 0) is 42.8 Å². The van der Waals surface area contributed by atoms with E-state index < -0.39 is 28.9 Å². The first-order valence-corrected chi connectivity index (χ1v) is 9.44. The highest BCUT2D eigenvalue weighted by Crippen LogP contribution is 2.51. The second kappa shape index (κ2) is 7.31. The third-order valence-electron chi connectivity index (χ3n) is 5.51. The molecule has 2 heterocycles. The molecule has 0 aromatic heterocycles. The van der Waals surface area contributed by atoms with Crippen LogP contribution >= 0.6 is 0 Å². The van der Waals surface area contributed by atoms with Crippen LogP contribution in [0.1, 0.15) is 17.3 Å². The molecule has 0 bridgehead atoms. The number of rotatable bonds is 4. The molecule has 0 saturated carbocycles. The van der Waals surface area contributed by atoms with Crippen LogP contribution in [-0.4, -0.2) is 31.4 Å².